The monoisotopic (exact) mass is 448 g/mol. The van der Waals surface area contributed by atoms with Crippen molar-refractivity contribution >= 4 is 46.9 Å². The van der Waals surface area contributed by atoms with Gasteiger partial charge in [0.15, 0.2) is 0 Å². The number of benzene rings is 3. The lowest BCUT2D eigenvalue weighted by Crippen LogP contribution is -2.31. The number of nitrogens with one attached hydrogen (secondary N) is 1. The smallest absolute Gasteiger partial charge is 0.264 e. The molecule has 1 aliphatic heterocycles. The second-order valence-corrected chi connectivity index (χ2v) is 8.84. The van der Waals surface area contributed by atoms with Crippen molar-refractivity contribution in [1.82, 2.24) is 5.32 Å². The fourth-order valence-corrected chi connectivity index (χ4v) is 4.66. The maximum absolute atomic E-state index is 12.9. The van der Waals surface area contributed by atoms with Gasteiger partial charge in [0, 0.05) is 29.1 Å². The highest BCUT2D eigenvalue weighted by atomic mass is 35.5. The molecule has 156 valence electrons. The fraction of sp³-hybridized carbons (Fsp3) is 0.120. The van der Waals surface area contributed by atoms with Crippen molar-refractivity contribution in [3.8, 4) is 0 Å². The maximum Gasteiger partial charge on any atom is 0.264 e. The summed E-state index contributed by atoms with van der Waals surface area (Å²) in [5, 5.41) is 3.50. The van der Waals surface area contributed by atoms with E-state index >= 15 is 0 Å². The maximum atomic E-state index is 12.9. The summed E-state index contributed by atoms with van der Waals surface area (Å²) in [7, 11) is 1.73. The van der Waals surface area contributed by atoms with Crippen molar-refractivity contribution in [2.75, 3.05) is 11.9 Å². The van der Waals surface area contributed by atoms with Gasteiger partial charge in [-0.2, -0.15) is 0 Å². The van der Waals surface area contributed by atoms with Crippen LogP contribution < -0.4 is 10.2 Å². The first kappa shape index (κ1) is 21.2. The summed E-state index contributed by atoms with van der Waals surface area (Å²) >= 11 is 7.58. The average Bonchev–Trinajstić information content (AvgIpc) is 2.76. The number of hydrogen-bond acceptors (Lipinski definition) is 3. The van der Waals surface area contributed by atoms with Gasteiger partial charge >= 0.3 is 0 Å². The number of nitrogens with zero attached hydrogens (tertiary/aromatic N) is 1. The molecule has 0 radical (unpaired) electrons. The van der Waals surface area contributed by atoms with E-state index in [1.807, 2.05) is 61.5 Å². The zero-order valence-electron chi connectivity index (χ0n) is 17.2. The molecule has 6 heteroatoms. The third-order valence-corrected chi connectivity index (χ3v) is 6.50. The van der Waals surface area contributed by atoms with E-state index in [0.717, 1.165) is 27.3 Å². The third kappa shape index (κ3) is 4.68. The highest BCUT2D eigenvalue weighted by Crippen LogP contribution is 2.42. The number of fused-ring (bicyclic) bond motifs is 1. The summed E-state index contributed by atoms with van der Waals surface area (Å²) in [6.45, 7) is 2.36. The summed E-state index contributed by atoms with van der Waals surface area (Å²) in [5.41, 5.74) is 4.20. The molecule has 4 nitrogen and oxygen atoms in total. The van der Waals surface area contributed by atoms with Gasteiger partial charge in [-0.15, -0.1) is 0 Å². The molecule has 31 heavy (non-hydrogen) atoms. The summed E-state index contributed by atoms with van der Waals surface area (Å²) in [6, 6.07) is 20.9. The van der Waals surface area contributed by atoms with Crippen LogP contribution in [-0.2, 0) is 11.3 Å². The number of rotatable bonds is 4. The number of amides is 2. The lowest BCUT2D eigenvalue weighted by atomic mass is 10.1. The molecule has 0 fully saturated rings. The Kier molecular flexibility index (Phi) is 6.16. The van der Waals surface area contributed by atoms with Crippen molar-refractivity contribution in [2.24, 2.45) is 0 Å². The Labute approximate surface area is 190 Å². The van der Waals surface area contributed by atoms with Crippen LogP contribution in [0.25, 0.3) is 6.08 Å². The molecule has 0 unspecified atom stereocenters. The number of anilines is 1. The highest BCUT2D eigenvalue weighted by Gasteiger charge is 2.27. The molecule has 0 saturated heterocycles. The molecule has 2 amide bonds. The molecule has 0 spiro atoms. The lowest BCUT2D eigenvalue weighted by Gasteiger charge is -2.27. The van der Waals surface area contributed by atoms with Crippen LogP contribution in [-0.4, -0.2) is 18.9 Å². The summed E-state index contributed by atoms with van der Waals surface area (Å²) < 4.78 is 0. The van der Waals surface area contributed by atoms with Crippen LogP contribution in [0.4, 0.5) is 5.69 Å². The SMILES string of the molecule is Cc1cccc(C=C2Sc3ccc(C(=O)NCc4ccccc4Cl)cc3N(C)C2=O)c1. The molecule has 0 aromatic heterocycles. The number of aryl methyl sites for hydroxylation is 1. The molecule has 3 aromatic rings. The Morgan fingerprint density at radius 2 is 1.90 bits per heavy atom. The van der Waals surface area contributed by atoms with E-state index in [1.54, 1.807) is 30.1 Å². The number of carbonyl (C=O) groups is 2. The van der Waals surface area contributed by atoms with Crippen LogP contribution >= 0.6 is 23.4 Å². The van der Waals surface area contributed by atoms with Gasteiger partial charge in [0.1, 0.15) is 0 Å². The molecular weight excluding hydrogens is 428 g/mol. The predicted molar refractivity (Wildman–Crippen MR) is 127 cm³/mol. The standard InChI is InChI=1S/C25H21ClN2O2S/c1-16-6-5-7-17(12-16)13-23-25(30)28(2)21-14-18(10-11-22(21)31-23)24(29)27-15-19-8-3-4-9-20(19)26/h3-14H,15H2,1-2H3,(H,27,29). The summed E-state index contributed by atoms with van der Waals surface area (Å²) in [6.07, 6.45) is 1.91. The minimum atomic E-state index is -0.213. The molecule has 0 bridgehead atoms. The van der Waals surface area contributed by atoms with Crippen LogP contribution in [0.2, 0.25) is 5.02 Å². The number of likely N-dealkylation sites (N-methyl/N-ethyl adjacent to an activating group) is 1. The zero-order chi connectivity index (χ0) is 22.0. The van der Waals surface area contributed by atoms with Gasteiger partial charge in [-0.1, -0.05) is 71.4 Å². The lowest BCUT2D eigenvalue weighted by molar-refractivity contribution is -0.114. The summed E-state index contributed by atoms with van der Waals surface area (Å²) in [5.74, 6) is -0.303. The van der Waals surface area contributed by atoms with E-state index < -0.39 is 0 Å². The number of thioether (sulfide) groups is 1. The highest BCUT2D eigenvalue weighted by molar-refractivity contribution is 8.04. The Morgan fingerprint density at radius 1 is 1.10 bits per heavy atom. The molecule has 0 aliphatic carbocycles. The fourth-order valence-electron chi connectivity index (χ4n) is 3.37. The second-order valence-electron chi connectivity index (χ2n) is 7.35. The van der Waals surface area contributed by atoms with Crippen molar-refractivity contribution in [2.45, 2.75) is 18.4 Å². The second kappa shape index (κ2) is 9.00. The van der Waals surface area contributed by atoms with E-state index in [9.17, 15) is 9.59 Å². The largest absolute Gasteiger partial charge is 0.348 e. The van der Waals surface area contributed by atoms with Crippen molar-refractivity contribution < 1.29 is 9.59 Å². The Balaban J connectivity index is 1.54. The summed E-state index contributed by atoms with van der Waals surface area (Å²) in [4.78, 5) is 28.8. The van der Waals surface area contributed by atoms with Crippen molar-refractivity contribution in [3.05, 3.63) is 98.9 Å². The molecule has 1 aliphatic rings. The molecule has 0 atom stereocenters. The Bertz CT molecular complexity index is 1210. The number of hydrogen-bond donors (Lipinski definition) is 1. The van der Waals surface area contributed by atoms with E-state index in [-0.39, 0.29) is 11.8 Å². The topological polar surface area (TPSA) is 49.4 Å². The van der Waals surface area contributed by atoms with Gasteiger partial charge in [0.2, 0.25) is 0 Å². The van der Waals surface area contributed by atoms with E-state index in [0.29, 0.717) is 22.0 Å². The first-order valence-electron chi connectivity index (χ1n) is 9.82. The van der Waals surface area contributed by atoms with Crippen LogP contribution in [0.15, 0.2) is 76.5 Å². The Morgan fingerprint density at radius 3 is 2.68 bits per heavy atom. The first-order chi connectivity index (χ1) is 14.9. The van der Waals surface area contributed by atoms with Gasteiger partial charge in [-0.3, -0.25) is 9.59 Å². The van der Waals surface area contributed by atoms with Crippen molar-refractivity contribution in [1.29, 1.82) is 0 Å². The quantitative estimate of drug-likeness (QED) is 0.522. The van der Waals surface area contributed by atoms with Crippen LogP contribution in [0, 0.1) is 6.92 Å². The first-order valence-corrected chi connectivity index (χ1v) is 11.0. The van der Waals surface area contributed by atoms with Gasteiger partial charge in [-0.25, -0.2) is 0 Å². The van der Waals surface area contributed by atoms with E-state index in [2.05, 4.69) is 5.32 Å². The van der Waals surface area contributed by atoms with Crippen molar-refractivity contribution in [3.63, 3.8) is 0 Å². The van der Waals surface area contributed by atoms with Crippen LogP contribution in [0.3, 0.4) is 0 Å². The molecule has 1 heterocycles. The van der Waals surface area contributed by atoms with Gasteiger partial charge in [0.05, 0.1) is 10.6 Å². The van der Waals surface area contributed by atoms with E-state index in [1.165, 1.54) is 11.8 Å². The minimum absolute atomic E-state index is 0.0902. The molecule has 0 saturated carbocycles. The van der Waals surface area contributed by atoms with Gasteiger partial charge in [0.25, 0.3) is 11.8 Å². The average molecular weight is 449 g/mol. The number of halogens is 1. The van der Waals surface area contributed by atoms with Crippen LogP contribution in [0.1, 0.15) is 27.0 Å². The van der Waals surface area contributed by atoms with Crippen LogP contribution in [0.5, 0.6) is 0 Å². The normalized spacial score (nSPS) is 14.5. The number of carbonyl (C=O) groups excluding carboxylic acids is 2. The third-order valence-electron chi connectivity index (χ3n) is 5.05. The molecular formula is C25H21ClN2O2S. The van der Waals surface area contributed by atoms with Gasteiger partial charge in [-0.05, 0) is 48.4 Å². The molecule has 3 aromatic carbocycles. The zero-order valence-corrected chi connectivity index (χ0v) is 18.8. The molecule has 4 rings (SSSR count). The predicted octanol–water partition coefficient (Wildman–Crippen LogP) is 5.69. The van der Waals surface area contributed by atoms with E-state index in [4.69, 9.17) is 11.6 Å². The molecule has 1 N–H and O–H groups in total. The van der Waals surface area contributed by atoms with Gasteiger partial charge < -0.3 is 10.2 Å². The minimum Gasteiger partial charge on any atom is -0.348 e. The Hall–Kier alpha value is -3.02.